The molecule has 1 aliphatic heterocycles. The standard InChI is InChI=1S/C21H25F3N4O/c1-15-5-6-19-16(11-15)13-28(25-19)14-20(29)27-9-7-26(8-10-27)18-4-2-3-17(12-18)21(22,23)24/h2-4,12-13,15H,5-11,14H2,1H3. The molecule has 1 aliphatic carbocycles. The summed E-state index contributed by atoms with van der Waals surface area (Å²) in [6.07, 6.45) is 0.748. The van der Waals surface area contributed by atoms with Crippen LogP contribution in [0.1, 0.15) is 30.2 Å². The summed E-state index contributed by atoms with van der Waals surface area (Å²) < 4.78 is 40.6. The molecule has 1 amide bonds. The Labute approximate surface area is 168 Å². The topological polar surface area (TPSA) is 41.4 Å². The Morgan fingerprint density at radius 1 is 1.21 bits per heavy atom. The molecule has 0 spiro atoms. The maximum Gasteiger partial charge on any atom is 0.416 e. The summed E-state index contributed by atoms with van der Waals surface area (Å²) in [4.78, 5) is 16.3. The van der Waals surface area contributed by atoms with Gasteiger partial charge in [0, 0.05) is 38.1 Å². The number of anilines is 1. The van der Waals surface area contributed by atoms with Gasteiger partial charge in [-0.2, -0.15) is 18.3 Å². The van der Waals surface area contributed by atoms with Crippen molar-refractivity contribution in [2.75, 3.05) is 31.1 Å². The molecule has 1 atom stereocenters. The number of rotatable bonds is 3. The van der Waals surface area contributed by atoms with Crippen LogP contribution in [0.25, 0.3) is 0 Å². The number of halogens is 3. The van der Waals surface area contributed by atoms with E-state index in [1.165, 1.54) is 17.7 Å². The van der Waals surface area contributed by atoms with E-state index in [9.17, 15) is 18.0 Å². The molecule has 8 heteroatoms. The van der Waals surface area contributed by atoms with Gasteiger partial charge in [-0.25, -0.2) is 0 Å². The summed E-state index contributed by atoms with van der Waals surface area (Å²) in [6.45, 7) is 4.46. The van der Waals surface area contributed by atoms with Crippen molar-refractivity contribution < 1.29 is 18.0 Å². The van der Waals surface area contributed by atoms with Crippen molar-refractivity contribution in [2.45, 2.75) is 38.9 Å². The van der Waals surface area contributed by atoms with Crippen LogP contribution < -0.4 is 4.90 Å². The van der Waals surface area contributed by atoms with Gasteiger partial charge in [0.1, 0.15) is 6.54 Å². The third kappa shape index (κ3) is 4.41. The first-order chi connectivity index (χ1) is 13.8. The van der Waals surface area contributed by atoms with Crippen LogP contribution in [0.3, 0.4) is 0 Å². The molecule has 0 bridgehead atoms. The Kier molecular flexibility index (Phi) is 5.27. The van der Waals surface area contributed by atoms with E-state index in [1.54, 1.807) is 15.6 Å². The molecule has 1 saturated heterocycles. The molecule has 2 aromatic rings. The lowest BCUT2D eigenvalue weighted by molar-refractivity contribution is -0.137. The molecule has 156 valence electrons. The van der Waals surface area contributed by atoms with Gasteiger partial charge in [0.2, 0.25) is 5.91 Å². The minimum Gasteiger partial charge on any atom is -0.368 e. The van der Waals surface area contributed by atoms with E-state index in [-0.39, 0.29) is 12.5 Å². The Morgan fingerprint density at radius 2 is 1.97 bits per heavy atom. The van der Waals surface area contributed by atoms with Crippen LogP contribution in [0.5, 0.6) is 0 Å². The van der Waals surface area contributed by atoms with Gasteiger partial charge in [-0.3, -0.25) is 9.48 Å². The molecular formula is C21H25F3N4O. The molecule has 5 nitrogen and oxygen atoms in total. The third-order valence-corrected chi connectivity index (χ3v) is 5.84. The lowest BCUT2D eigenvalue weighted by Crippen LogP contribution is -2.49. The number of carbonyl (C=O) groups is 1. The van der Waals surface area contributed by atoms with Gasteiger partial charge < -0.3 is 9.80 Å². The lowest BCUT2D eigenvalue weighted by Gasteiger charge is -2.36. The van der Waals surface area contributed by atoms with Gasteiger partial charge in [0.15, 0.2) is 0 Å². The summed E-state index contributed by atoms with van der Waals surface area (Å²) in [6, 6.07) is 5.36. The largest absolute Gasteiger partial charge is 0.416 e. The highest BCUT2D eigenvalue weighted by Crippen LogP contribution is 2.32. The number of carbonyl (C=O) groups excluding carboxylic acids is 1. The first-order valence-corrected chi connectivity index (χ1v) is 10.0. The second-order valence-corrected chi connectivity index (χ2v) is 8.06. The van der Waals surface area contributed by atoms with Crippen molar-refractivity contribution in [1.82, 2.24) is 14.7 Å². The molecule has 1 unspecified atom stereocenters. The first-order valence-electron chi connectivity index (χ1n) is 10.0. The summed E-state index contributed by atoms with van der Waals surface area (Å²) in [5.74, 6) is 0.654. The van der Waals surface area contributed by atoms with Crippen molar-refractivity contribution in [3.05, 3.63) is 47.3 Å². The van der Waals surface area contributed by atoms with Crippen LogP contribution >= 0.6 is 0 Å². The summed E-state index contributed by atoms with van der Waals surface area (Å²) in [5.41, 5.74) is 2.24. The molecule has 1 aromatic heterocycles. The zero-order valence-corrected chi connectivity index (χ0v) is 16.5. The Bertz CT molecular complexity index is 884. The van der Waals surface area contributed by atoms with E-state index in [0.717, 1.165) is 31.0 Å². The SMILES string of the molecule is CC1CCc2nn(CC(=O)N3CCN(c4cccc(C(F)(F)F)c4)CC3)cc2C1. The number of hydrogen-bond donors (Lipinski definition) is 0. The molecule has 2 heterocycles. The quantitative estimate of drug-likeness (QED) is 0.785. The van der Waals surface area contributed by atoms with Gasteiger partial charge >= 0.3 is 6.18 Å². The zero-order chi connectivity index (χ0) is 20.6. The number of hydrogen-bond acceptors (Lipinski definition) is 3. The van der Waals surface area contributed by atoms with Crippen molar-refractivity contribution in [1.29, 1.82) is 0 Å². The van der Waals surface area contributed by atoms with Crippen molar-refractivity contribution >= 4 is 11.6 Å². The molecule has 1 aromatic carbocycles. The number of alkyl halides is 3. The van der Waals surface area contributed by atoms with Crippen molar-refractivity contribution in [3.63, 3.8) is 0 Å². The maximum atomic E-state index is 12.9. The molecule has 1 fully saturated rings. The Hall–Kier alpha value is -2.51. The van der Waals surface area contributed by atoms with Crippen LogP contribution in [0.15, 0.2) is 30.5 Å². The van der Waals surface area contributed by atoms with E-state index in [2.05, 4.69) is 12.0 Å². The number of benzene rings is 1. The number of fused-ring (bicyclic) bond motifs is 1. The second-order valence-electron chi connectivity index (χ2n) is 8.06. The Balaban J connectivity index is 1.34. The predicted octanol–water partition coefficient (Wildman–Crippen LogP) is 3.38. The van der Waals surface area contributed by atoms with Crippen LogP contribution in [0.2, 0.25) is 0 Å². The average Bonchev–Trinajstić information content (AvgIpc) is 3.09. The zero-order valence-electron chi connectivity index (χ0n) is 16.5. The lowest BCUT2D eigenvalue weighted by atomic mass is 9.89. The number of nitrogens with zero attached hydrogens (tertiary/aromatic N) is 4. The second kappa shape index (κ2) is 7.72. The van der Waals surface area contributed by atoms with E-state index in [1.807, 2.05) is 11.1 Å². The number of amides is 1. The van der Waals surface area contributed by atoms with Crippen LogP contribution in [-0.2, 0) is 30.4 Å². The molecular weight excluding hydrogens is 381 g/mol. The number of piperazine rings is 1. The summed E-state index contributed by atoms with van der Waals surface area (Å²) >= 11 is 0. The van der Waals surface area contributed by atoms with Gasteiger partial charge in [-0.05, 0) is 48.9 Å². The fourth-order valence-corrected chi connectivity index (χ4v) is 4.16. The fourth-order valence-electron chi connectivity index (χ4n) is 4.16. The minimum absolute atomic E-state index is 0.00147. The maximum absolute atomic E-state index is 12.9. The summed E-state index contributed by atoms with van der Waals surface area (Å²) in [7, 11) is 0. The van der Waals surface area contributed by atoms with Gasteiger partial charge in [-0.15, -0.1) is 0 Å². The molecule has 2 aliphatic rings. The highest BCUT2D eigenvalue weighted by atomic mass is 19.4. The van der Waals surface area contributed by atoms with E-state index >= 15 is 0 Å². The van der Waals surface area contributed by atoms with Gasteiger partial charge in [0.25, 0.3) is 0 Å². The van der Waals surface area contributed by atoms with Gasteiger partial charge in [-0.1, -0.05) is 13.0 Å². The fraction of sp³-hybridized carbons (Fsp3) is 0.524. The van der Waals surface area contributed by atoms with E-state index in [0.29, 0.717) is 37.8 Å². The monoisotopic (exact) mass is 406 g/mol. The van der Waals surface area contributed by atoms with Crippen LogP contribution in [-0.4, -0.2) is 46.8 Å². The minimum atomic E-state index is -4.35. The molecule has 0 N–H and O–H groups in total. The third-order valence-electron chi connectivity index (χ3n) is 5.84. The highest BCUT2D eigenvalue weighted by molar-refractivity contribution is 5.76. The van der Waals surface area contributed by atoms with Crippen molar-refractivity contribution in [2.24, 2.45) is 5.92 Å². The number of aryl methyl sites for hydroxylation is 1. The van der Waals surface area contributed by atoms with E-state index in [4.69, 9.17) is 0 Å². The molecule has 0 saturated carbocycles. The highest BCUT2D eigenvalue weighted by Gasteiger charge is 2.31. The smallest absolute Gasteiger partial charge is 0.368 e. The number of aromatic nitrogens is 2. The molecule has 4 rings (SSSR count). The Morgan fingerprint density at radius 3 is 2.69 bits per heavy atom. The predicted molar refractivity (Wildman–Crippen MR) is 104 cm³/mol. The normalized spacial score (nSPS) is 19.9. The summed E-state index contributed by atoms with van der Waals surface area (Å²) in [5, 5.41) is 4.57. The molecule has 29 heavy (non-hydrogen) atoms. The van der Waals surface area contributed by atoms with Gasteiger partial charge in [0.05, 0.1) is 11.3 Å². The van der Waals surface area contributed by atoms with Crippen LogP contribution in [0.4, 0.5) is 18.9 Å². The van der Waals surface area contributed by atoms with Crippen LogP contribution in [0, 0.1) is 5.92 Å². The van der Waals surface area contributed by atoms with E-state index < -0.39 is 11.7 Å². The first kappa shape index (κ1) is 19.8. The van der Waals surface area contributed by atoms with Crippen molar-refractivity contribution in [3.8, 4) is 0 Å². The molecule has 0 radical (unpaired) electrons. The average molecular weight is 406 g/mol.